The summed E-state index contributed by atoms with van der Waals surface area (Å²) in [7, 11) is 3.47. The van der Waals surface area contributed by atoms with E-state index in [2.05, 4.69) is 56.6 Å². The van der Waals surface area contributed by atoms with Crippen LogP contribution in [0.15, 0.2) is 59.7 Å². The smallest absolute Gasteiger partial charge is 0.218 e. The van der Waals surface area contributed by atoms with Crippen LogP contribution in [-0.2, 0) is 11.3 Å². The van der Waals surface area contributed by atoms with E-state index in [1.165, 1.54) is 11.1 Å². The summed E-state index contributed by atoms with van der Waals surface area (Å²) in [4.78, 5) is 11.0. The van der Waals surface area contributed by atoms with E-state index in [1.54, 1.807) is 13.3 Å². The molecule has 1 N–H and O–H groups in total. The van der Waals surface area contributed by atoms with Gasteiger partial charge in [-0.25, -0.2) is 4.98 Å². The molecule has 156 valence electrons. The number of aromatic nitrogens is 1. The second kappa shape index (κ2) is 12.4. The molecule has 2 heterocycles. The first-order valence-electron chi connectivity index (χ1n) is 9.57. The molecule has 1 aliphatic rings. The van der Waals surface area contributed by atoms with Crippen LogP contribution in [0.25, 0.3) is 5.57 Å². The summed E-state index contributed by atoms with van der Waals surface area (Å²) in [5, 5.41) is 3.44. The predicted molar refractivity (Wildman–Crippen MR) is 128 cm³/mol. The van der Waals surface area contributed by atoms with Crippen molar-refractivity contribution >= 4 is 35.5 Å². The van der Waals surface area contributed by atoms with Crippen LogP contribution in [0.4, 0.5) is 0 Å². The van der Waals surface area contributed by atoms with Gasteiger partial charge in [-0.15, -0.1) is 24.0 Å². The largest absolute Gasteiger partial charge is 0.475 e. The number of hydrogen-bond donors (Lipinski definition) is 1. The van der Waals surface area contributed by atoms with Gasteiger partial charge in [-0.1, -0.05) is 42.5 Å². The quantitative estimate of drug-likeness (QED) is 0.268. The maximum Gasteiger partial charge on any atom is 0.218 e. The zero-order valence-electron chi connectivity index (χ0n) is 17.0. The van der Waals surface area contributed by atoms with Crippen LogP contribution in [0.2, 0.25) is 0 Å². The minimum atomic E-state index is 0. The first kappa shape index (κ1) is 23.2. The normalized spacial score (nSPS) is 14.1. The molecule has 0 radical (unpaired) electrons. The maximum absolute atomic E-state index is 5.71. The summed E-state index contributed by atoms with van der Waals surface area (Å²) >= 11 is 0. The number of rotatable bonds is 7. The van der Waals surface area contributed by atoms with Crippen LogP contribution in [0, 0.1) is 0 Å². The molecule has 0 bridgehead atoms. The molecule has 0 fully saturated rings. The Labute approximate surface area is 190 Å². The number of hydrogen-bond acceptors (Lipinski definition) is 4. The summed E-state index contributed by atoms with van der Waals surface area (Å²) in [5.74, 6) is 1.52. The van der Waals surface area contributed by atoms with Crippen LogP contribution in [0.1, 0.15) is 17.5 Å². The number of halogens is 1. The van der Waals surface area contributed by atoms with Crippen molar-refractivity contribution in [3.63, 3.8) is 0 Å². The number of benzene rings is 1. The minimum absolute atomic E-state index is 0. The van der Waals surface area contributed by atoms with E-state index in [0.717, 1.165) is 31.0 Å². The van der Waals surface area contributed by atoms with Crippen molar-refractivity contribution < 1.29 is 9.47 Å². The Bertz CT molecular complexity index is 811. The third-order valence-electron chi connectivity index (χ3n) is 4.68. The summed E-state index contributed by atoms with van der Waals surface area (Å²) in [6, 6.07) is 14.5. The highest BCUT2D eigenvalue weighted by Gasteiger charge is 2.16. The minimum Gasteiger partial charge on any atom is -0.475 e. The average Bonchev–Trinajstić information content (AvgIpc) is 2.76. The van der Waals surface area contributed by atoms with Crippen molar-refractivity contribution in [2.45, 2.75) is 13.0 Å². The van der Waals surface area contributed by atoms with Crippen LogP contribution in [-0.4, -0.2) is 56.3 Å². The molecule has 6 nitrogen and oxygen atoms in total. The Morgan fingerprint density at radius 1 is 1.17 bits per heavy atom. The third-order valence-corrected chi connectivity index (χ3v) is 4.68. The van der Waals surface area contributed by atoms with Gasteiger partial charge in [0, 0.05) is 45.6 Å². The molecule has 0 saturated carbocycles. The molecular formula is C22H29IN4O2. The highest BCUT2D eigenvalue weighted by molar-refractivity contribution is 14.0. The Balaban J connectivity index is 0.00000300. The second-order valence-electron chi connectivity index (χ2n) is 6.50. The van der Waals surface area contributed by atoms with Gasteiger partial charge in [0.2, 0.25) is 5.88 Å². The van der Waals surface area contributed by atoms with Crippen molar-refractivity contribution in [2.75, 3.05) is 40.5 Å². The van der Waals surface area contributed by atoms with E-state index in [0.29, 0.717) is 25.6 Å². The molecule has 0 unspecified atom stereocenters. The first-order valence-corrected chi connectivity index (χ1v) is 9.57. The molecule has 0 saturated heterocycles. The first-order chi connectivity index (χ1) is 13.8. The molecule has 0 aliphatic carbocycles. The van der Waals surface area contributed by atoms with Gasteiger partial charge in [0.25, 0.3) is 0 Å². The topological polar surface area (TPSA) is 59.0 Å². The molecule has 2 aromatic rings. The van der Waals surface area contributed by atoms with Gasteiger partial charge in [-0.2, -0.15) is 0 Å². The average molecular weight is 508 g/mol. The molecule has 0 amide bonds. The van der Waals surface area contributed by atoms with Crippen LogP contribution < -0.4 is 10.1 Å². The maximum atomic E-state index is 5.71. The van der Waals surface area contributed by atoms with Crippen molar-refractivity contribution in [3.8, 4) is 5.88 Å². The molecule has 1 aliphatic heterocycles. The standard InChI is InChI=1S/C22H28N4O2.HI/c1-23-22(25-17-20-9-6-12-24-21(20)28-16-15-27-2)26-13-10-19(11-14-26)18-7-4-3-5-8-18;/h3-10,12H,11,13-17H2,1-2H3,(H,23,25);1H. The van der Waals surface area contributed by atoms with Crippen molar-refractivity contribution in [3.05, 3.63) is 65.9 Å². The van der Waals surface area contributed by atoms with E-state index in [1.807, 2.05) is 19.2 Å². The predicted octanol–water partition coefficient (Wildman–Crippen LogP) is 3.59. The lowest BCUT2D eigenvalue weighted by Gasteiger charge is -2.30. The SMILES string of the molecule is CN=C(NCc1cccnc1OCCOC)N1CC=C(c2ccccc2)CC1.I. The Hall–Kier alpha value is -2.13. The number of ether oxygens (including phenoxy) is 2. The van der Waals surface area contributed by atoms with Crippen LogP contribution in [0.3, 0.4) is 0 Å². The van der Waals surface area contributed by atoms with Crippen molar-refractivity contribution in [1.82, 2.24) is 15.2 Å². The van der Waals surface area contributed by atoms with E-state index in [-0.39, 0.29) is 24.0 Å². The molecule has 3 rings (SSSR count). The highest BCUT2D eigenvalue weighted by atomic mass is 127. The monoisotopic (exact) mass is 508 g/mol. The van der Waals surface area contributed by atoms with E-state index in [4.69, 9.17) is 9.47 Å². The van der Waals surface area contributed by atoms with Gasteiger partial charge < -0.3 is 19.7 Å². The van der Waals surface area contributed by atoms with E-state index < -0.39 is 0 Å². The Kier molecular flexibility index (Phi) is 9.93. The number of nitrogens with zero attached hydrogens (tertiary/aromatic N) is 3. The summed E-state index contributed by atoms with van der Waals surface area (Å²) in [6.45, 7) is 3.40. The third kappa shape index (κ3) is 6.71. The van der Waals surface area contributed by atoms with Crippen LogP contribution >= 0.6 is 24.0 Å². The zero-order chi connectivity index (χ0) is 19.6. The van der Waals surface area contributed by atoms with Gasteiger partial charge in [-0.3, -0.25) is 4.99 Å². The summed E-state index contributed by atoms with van der Waals surface area (Å²) in [6.07, 6.45) is 5.03. The van der Waals surface area contributed by atoms with E-state index >= 15 is 0 Å². The summed E-state index contributed by atoms with van der Waals surface area (Å²) in [5.41, 5.74) is 3.70. The number of aliphatic imine (C=N–C) groups is 1. The Morgan fingerprint density at radius 3 is 2.69 bits per heavy atom. The lowest BCUT2D eigenvalue weighted by Crippen LogP contribution is -2.43. The zero-order valence-corrected chi connectivity index (χ0v) is 19.3. The van der Waals surface area contributed by atoms with Gasteiger partial charge in [0.15, 0.2) is 5.96 Å². The van der Waals surface area contributed by atoms with Gasteiger partial charge >= 0.3 is 0 Å². The molecule has 0 atom stereocenters. The second-order valence-corrected chi connectivity index (χ2v) is 6.50. The molecule has 7 heteroatoms. The van der Waals surface area contributed by atoms with E-state index in [9.17, 15) is 0 Å². The fourth-order valence-electron chi connectivity index (χ4n) is 3.19. The number of nitrogens with one attached hydrogen (secondary N) is 1. The van der Waals surface area contributed by atoms with Gasteiger partial charge in [-0.05, 0) is 23.6 Å². The molecule has 0 spiro atoms. The van der Waals surface area contributed by atoms with Gasteiger partial charge in [0.05, 0.1) is 6.61 Å². The van der Waals surface area contributed by atoms with Crippen LogP contribution in [0.5, 0.6) is 5.88 Å². The van der Waals surface area contributed by atoms with Gasteiger partial charge in [0.1, 0.15) is 6.61 Å². The molecule has 29 heavy (non-hydrogen) atoms. The number of pyridine rings is 1. The molecule has 1 aromatic carbocycles. The lowest BCUT2D eigenvalue weighted by molar-refractivity contribution is 0.143. The Morgan fingerprint density at radius 2 is 2.00 bits per heavy atom. The van der Waals surface area contributed by atoms with Crippen molar-refractivity contribution in [1.29, 1.82) is 0 Å². The fraction of sp³-hybridized carbons (Fsp3) is 0.364. The van der Waals surface area contributed by atoms with Crippen molar-refractivity contribution in [2.24, 2.45) is 4.99 Å². The molecule has 1 aromatic heterocycles. The number of guanidine groups is 1. The summed E-state index contributed by atoms with van der Waals surface area (Å²) < 4.78 is 10.8. The molecular weight excluding hydrogens is 479 g/mol. The lowest BCUT2D eigenvalue weighted by atomic mass is 10.00. The number of methoxy groups -OCH3 is 1. The highest BCUT2D eigenvalue weighted by Crippen LogP contribution is 2.22. The fourth-order valence-corrected chi connectivity index (χ4v) is 3.19.